The quantitative estimate of drug-likeness (QED) is 0.748. The molecule has 0 radical (unpaired) electrons. The summed E-state index contributed by atoms with van der Waals surface area (Å²) in [4.78, 5) is 14.3. The molecule has 1 aromatic rings. The van der Waals surface area contributed by atoms with Crippen molar-refractivity contribution >= 4 is 17.6 Å². The van der Waals surface area contributed by atoms with Crippen molar-refractivity contribution in [3.05, 3.63) is 28.5 Å². The van der Waals surface area contributed by atoms with Gasteiger partial charge >= 0.3 is 5.97 Å². The van der Waals surface area contributed by atoms with E-state index in [4.69, 9.17) is 22.4 Å². The Bertz CT molecular complexity index is 355. The number of hydrogen-bond acceptors (Lipinski definition) is 3. The number of aryl methyl sites for hydroxylation is 1. The van der Waals surface area contributed by atoms with Crippen molar-refractivity contribution in [2.24, 2.45) is 5.73 Å². The molecule has 76 valence electrons. The predicted molar refractivity (Wildman–Crippen MR) is 53.2 cm³/mol. The van der Waals surface area contributed by atoms with Gasteiger partial charge < -0.3 is 10.8 Å². The molecule has 1 unspecified atom stereocenters. The third-order valence-corrected chi connectivity index (χ3v) is 2.25. The molecule has 1 rings (SSSR count). The van der Waals surface area contributed by atoms with Crippen molar-refractivity contribution in [1.82, 2.24) is 4.98 Å². The fraction of sp³-hybridized carbons (Fsp3) is 0.333. The molecule has 1 aromatic heterocycles. The lowest BCUT2D eigenvalue weighted by Crippen LogP contribution is -2.15. The van der Waals surface area contributed by atoms with Gasteiger partial charge in [0.25, 0.3) is 0 Å². The van der Waals surface area contributed by atoms with E-state index in [9.17, 15) is 4.79 Å². The van der Waals surface area contributed by atoms with E-state index in [-0.39, 0.29) is 6.42 Å². The van der Waals surface area contributed by atoms with Gasteiger partial charge in [-0.3, -0.25) is 4.79 Å². The van der Waals surface area contributed by atoms with Crippen molar-refractivity contribution in [1.29, 1.82) is 0 Å². The van der Waals surface area contributed by atoms with Crippen LogP contribution in [0.25, 0.3) is 0 Å². The molecule has 0 saturated heterocycles. The maximum absolute atomic E-state index is 10.4. The minimum absolute atomic E-state index is 0.108. The van der Waals surface area contributed by atoms with E-state index in [1.165, 1.54) is 6.20 Å². The van der Waals surface area contributed by atoms with Crippen LogP contribution in [0.4, 0.5) is 0 Å². The van der Waals surface area contributed by atoms with Crippen molar-refractivity contribution in [3.8, 4) is 0 Å². The number of nitrogens with zero attached hydrogens (tertiary/aromatic N) is 1. The molecule has 0 aromatic carbocycles. The lowest BCUT2D eigenvalue weighted by molar-refractivity contribution is -0.137. The number of aromatic nitrogens is 1. The topological polar surface area (TPSA) is 76.2 Å². The SMILES string of the molecule is Cc1cc(C(N)CC(=O)O)cnc1Cl. The number of nitrogens with two attached hydrogens (primary N) is 1. The molecule has 0 fully saturated rings. The van der Waals surface area contributed by atoms with Crippen LogP contribution in [0.1, 0.15) is 23.6 Å². The number of aliphatic carboxylic acids is 1. The molecule has 1 heterocycles. The molecule has 0 aliphatic carbocycles. The van der Waals surface area contributed by atoms with E-state index in [1.54, 1.807) is 13.0 Å². The molecule has 0 saturated carbocycles. The smallest absolute Gasteiger partial charge is 0.305 e. The second-order valence-corrected chi connectivity index (χ2v) is 3.44. The largest absolute Gasteiger partial charge is 0.481 e. The first-order valence-corrected chi connectivity index (χ1v) is 4.48. The summed E-state index contributed by atoms with van der Waals surface area (Å²) >= 11 is 5.72. The van der Waals surface area contributed by atoms with Gasteiger partial charge in [-0.05, 0) is 24.1 Å². The zero-order valence-electron chi connectivity index (χ0n) is 7.70. The maximum atomic E-state index is 10.4. The fourth-order valence-electron chi connectivity index (χ4n) is 1.09. The van der Waals surface area contributed by atoms with Crippen LogP contribution in [0, 0.1) is 6.92 Å². The predicted octanol–water partition coefficient (Wildman–Crippen LogP) is 1.52. The monoisotopic (exact) mass is 214 g/mol. The summed E-state index contributed by atoms with van der Waals surface area (Å²) < 4.78 is 0. The Kier molecular flexibility index (Phi) is 3.43. The Hall–Kier alpha value is -1.13. The lowest BCUT2D eigenvalue weighted by Gasteiger charge is -2.09. The summed E-state index contributed by atoms with van der Waals surface area (Å²) in [5.74, 6) is -0.926. The highest BCUT2D eigenvalue weighted by Crippen LogP contribution is 2.18. The van der Waals surface area contributed by atoms with E-state index >= 15 is 0 Å². The number of halogens is 1. The summed E-state index contributed by atoms with van der Waals surface area (Å²) in [6.07, 6.45) is 1.39. The van der Waals surface area contributed by atoms with Crippen LogP contribution in [0.15, 0.2) is 12.3 Å². The zero-order valence-corrected chi connectivity index (χ0v) is 8.45. The zero-order chi connectivity index (χ0) is 10.7. The van der Waals surface area contributed by atoms with Crippen molar-refractivity contribution in [2.75, 3.05) is 0 Å². The number of rotatable bonds is 3. The molecule has 0 aliphatic heterocycles. The molecular formula is C9H11ClN2O2. The molecular weight excluding hydrogens is 204 g/mol. The second kappa shape index (κ2) is 4.39. The van der Waals surface area contributed by atoms with Crippen LogP contribution in [0.2, 0.25) is 5.15 Å². The first-order chi connectivity index (χ1) is 6.50. The van der Waals surface area contributed by atoms with Gasteiger partial charge in [0.1, 0.15) is 5.15 Å². The van der Waals surface area contributed by atoms with Crippen LogP contribution in [0.5, 0.6) is 0 Å². The van der Waals surface area contributed by atoms with Crippen LogP contribution in [-0.2, 0) is 4.79 Å². The average molecular weight is 215 g/mol. The molecule has 14 heavy (non-hydrogen) atoms. The van der Waals surface area contributed by atoms with E-state index in [1.807, 2.05) is 0 Å². The standard InChI is InChI=1S/C9H11ClN2O2/c1-5-2-6(4-12-9(5)10)7(11)3-8(13)14/h2,4,7H,3,11H2,1H3,(H,13,14). The highest BCUT2D eigenvalue weighted by molar-refractivity contribution is 6.30. The van der Waals surface area contributed by atoms with Gasteiger partial charge in [0.05, 0.1) is 6.42 Å². The average Bonchev–Trinajstić information content (AvgIpc) is 2.08. The summed E-state index contributed by atoms with van der Waals surface area (Å²) in [6, 6.07) is 1.22. The number of carboxylic acid groups (broad SMARTS) is 1. The van der Waals surface area contributed by atoms with Gasteiger partial charge in [-0.1, -0.05) is 11.6 Å². The van der Waals surface area contributed by atoms with Crippen LogP contribution >= 0.6 is 11.6 Å². The van der Waals surface area contributed by atoms with E-state index in [0.29, 0.717) is 10.7 Å². The Morgan fingerprint density at radius 1 is 1.79 bits per heavy atom. The Balaban J connectivity index is 2.85. The normalized spacial score (nSPS) is 12.5. The Morgan fingerprint density at radius 3 is 2.93 bits per heavy atom. The molecule has 4 nitrogen and oxygen atoms in total. The third-order valence-electron chi connectivity index (χ3n) is 1.86. The van der Waals surface area contributed by atoms with Crippen LogP contribution in [-0.4, -0.2) is 16.1 Å². The fourth-order valence-corrected chi connectivity index (χ4v) is 1.19. The van der Waals surface area contributed by atoms with Gasteiger partial charge in [0, 0.05) is 12.2 Å². The maximum Gasteiger partial charge on any atom is 0.305 e. The Labute approximate surface area is 86.7 Å². The van der Waals surface area contributed by atoms with Crippen molar-refractivity contribution in [2.45, 2.75) is 19.4 Å². The van der Waals surface area contributed by atoms with Crippen molar-refractivity contribution < 1.29 is 9.90 Å². The number of pyridine rings is 1. The van der Waals surface area contributed by atoms with Crippen LogP contribution < -0.4 is 5.73 Å². The molecule has 0 bridgehead atoms. The molecule has 5 heteroatoms. The van der Waals surface area contributed by atoms with Gasteiger partial charge in [0.15, 0.2) is 0 Å². The second-order valence-electron chi connectivity index (χ2n) is 3.08. The minimum atomic E-state index is -0.926. The first kappa shape index (κ1) is 10.9. The third kappa shape index (κ3) is 2.68. The van der Waals surface area contributed by atoms with E-state index in [2.05, 4.69) is 4.98 Å². The molecule has 0 spiro atoms. The molecule has 0 aliphatic rings. The minimum Gasteiger partial charge on any atom is -0.481 e. The first-order valence-electron chi connectivity index (χ1n) is 4.10. The van der Waals surface area contributed by atoms with Gasteiger partial charge in [-0.2, -0.15) is 0 Å². The molecule has 1 atom stereocenters. The number of carboxylic acids is 1. The van der Waals surface area contributed by atoms with Gasteiger partial charge in [-0.15, -0.1) is 0 Å². The summed E-state index contributed by atoms with van der Waals surface area (Å²) in [5, 5.41) is 8.96. The highest BCUT2D eigenvalue weighted by atomic mass is 35.5. The molecule has 3 N–H and O–H groups in total. The van der Waals surface area contributed by atoms with E-state index in [0.717, 1.165) is 5.56 Å². The number of hydrogen-bond donors (Lipinski definition) is 2. The van der Waals surface area contributed by atoms with Crippen LogP contribution in [0.3, 0.4) is 0 Å². The lowest BCUT2D eigenvalue weighted by atomic mass is 10.1. The Morgan fingerprint density at radius 2 is 2.43 bits per heavy atom. The highest BCUT2D eigenvalue weighted by Gasteiger charge is 2.11. The summed E-state index contributed by atoms with van der Waals surface area (Å²) in [6.45, 7) is 1.80. The van der Waals surface area contributed by atoms with E-state index < -0.39 is 12.0 Å². The van der Waals surface area contributed by atoms with Gasteiger partial charge in [0.2, 0.25) is 0 Å². The number of carbonyl (C=O) groups is 1. The van der Waals surface area contributed by atoms with Crippen molar-refractivity contribution in [3.63, 3.8) is 0 Å². The summed E-state index contributed by atoms with van der Waals surface area (Å²) in [7, 11) is 0. The summed E-state index contributed by atoms with van der Waals surface area (Å²) in [5.41, 5.74) is 7.14. The molecule has 0 amide bonds. The van der Waals surface area contributed by atoms with Gasteiger partial charge in [-0.25, -0.2) is 4.98 Å².